The summed E-state index contributed by atoms with van der Waals surface area (Å²) in [5.41, 5.74) is 3.01. The maximum absolute atomic E-state index is 4.35. The zero-order chi connectivity index (χ0) is 10.8. The maximum Gasteiger partial charge on any atom is 0.116 e. The van der Waals surface area contributed by atoms with Gasteiger partial charge in [-0.3, -0.25) is 0 Å². The summed E-state index contributed by atoms with van der Waals surface area (Å²) in [7, 11) is 0. The highest BCUT2D eigenvalue weighted by molar-refractivity contribution is 5.91. The molecule has 16 heavy (non-hydrogen) atoms. The molecule has 0 aliphatic rings. The topological polar surface area (TPSA) is 25.8 Å². The van der Waals surface area contributed by atoms with Gasteiger partial charge in [0.05, 0.1) is 11.2 Å². The number of hydrogen-bond donors (Lipinski definition) is 0. The van der Waals surface area contributed by atoms with Crippen molar-refractivity contribution >= 4 is 10.9 Å². The molecule has 0 fully saturated rings. The van der Waals surface area contributed by atoms with Crippen LogP contribution in [-0.4, -0.2) is 9.97 Å². The molecule has 0 unspecified atom stereocenters. The average molecular weight is 205 g/mol. The van der Waals surface area contributed by atoms with Crippen LogP contribution in [0.15, 0.2) is 54.9 Å². The molecule has 0 aliphatic carbocycles. The van der Waals surface area contributed by atoms with E-state index in [2.05, 4.69) is 28.2 Å². The van der Waals surface area contributed by atoms with E-state index >= 15 is 0 Å². The third-order valence-corrected chi connectivity index (χ3v) is 2.53. The van der Waals surface area contributed by atoms with Gasteiger partial charge in [-0.25, -0.2) is 9.97 Å². The van der Waals surface area contributed by atoms with Crippen molar-refractivity contribution in [2.75, 3.05) is 0 Å². The predicted octanol–water partition coefficient (Wildman–Crippen LogP) is 3.10. The Labute approximate surface area is 93.6 Å². The molecule has 1 aromatic heterocycles. The Morgan fingerprint density at radius 1 is 0.938 bits per heavy atom. The molecule has 1 radical (unpaired) electrons. The molecule has 75 valence electrons. The fourth-order valence-electron chi connectivity index (χ4n) is 1.77. The van der Waals surface area contributed by atoms with Crippen molar-refractivity contribution in [3.8, 4) is 11.3 Å². The minimum atomic E-state index is 0.927. The number of nitrogens with zero attached hydrogens (tertiary/aromatic N) is 2. The SMILES string of the molecule is [c]1ccc2c(-c3ccccc3)ncnc2c1. The van der Waals surface area contributed by atoms with Gasteiger partial charge in [-0.05, 0) is 18.2 Å². The summed E-state index contributed by atoms with van der Waals surface area (Å²) in [6.07, 6.45) is 1.60. The van der Waals surface area contributed by atoms with Crippen LogP contribution in [0.1, 0.15) is 0 Å². The van der Waals surface area contributed by atoms with Gasteiger partial charge in [0.15, 0.2) is 0 Å². The lowest BCUT2D eigenvalue weighted by Gasteiger charge is -2.03. The second-order valence-corrected chi connectivity index (χ2v) is 3.53. The van der Waals surface area contributed by atoms with Gasteiger partial charge < -0.3 is 0 Å². The van der Waals surface area contributed by atoms with Crippen LogP contribution in [-0.2, 0) is 0 Å². The minimum absolute atomic E-state index is 0.927. The fourth-order valence-corrected chi connectivity index (χ4v) is 1.77. The minimum Gasteiger partial charge on any atom is -0.236 e. The molecular formula is C14H9N2. The molecule has 2 heteroatoms. The largest absolute Gasteiger partial charge is 0.236 e. The zero-order valence-corrected chi connectivity index (χ0v) is 8.59. The van der Waals surface area contributed by atoms with Crippen molar-refractivity contribution in [3.63, 3.8) is 0 Å². The first-order valence-corrected chi connectivity index (χ1v) is 5.11. The van der Waals surface area contributed by atoms with Crippen molar-refractivity contribution in [2.24, 2.45) is 0 Å². The van der Waals surface area contributed by atoms with E-state index in [0.29, 0.717) is 0 Å². The van der Waals surface area contributed by atoms with Gasteiger partial charge in [0, 0.05) is 10.9 Å². The highest BCUT2D eigenvalue weighted by Crippen LogP contribution is 2.24. The van der Waals surface area contributed by atoms with Crippen LogP contribution in [0.5, 0.6) is 0 Å². The van der Waals surface area contributed by atoms with Gasteiger partial charge in [0.1, 0.15) is 6.33 Å². The molecule has 3 rings (SSSR count). The van der Waals surface area contributed by atoms with Crippen LogP contribution < -0.4 is 0 Å². The summed E-state index contributed by atoms with van der Waals surface area (Å²) >= 11 is 0. The Morgan fingerprint density at radius 2 is 1.81 bits per heavy atom. The third kappa shape index (κ3) is 1.44. The Morgan fingerprint density at radius 3 is 2.69 bits per heavy atom. The van der Waals surface area contributed by atoms with E-state index in [1.165, 1.54) is 0 Å². The maximum atomic E-state index is 4.35. The highest BCUT2D eigenvalue weighted by Gasteiger charge is 2.04. The Kier molecular flexibility index (Phi) is 2.11. The van der Waals surface area contributed by atoms with Crippen molar-refractivity contribution < 1.29 is 0 Å². The summed E-state index contributed by atoms with van der Waals surface area (Å²) in [4.78, 5) is 8.58. The van der Waals surface area contributed by atoms with Gasteiger partial charge >= 0.3 is 0 Å². The molecule has 0 N–H and O–H groups in total. The third-order valence-electron chi connectivity index (χ3n) is 2.53. The molecule has 0 saturated carbocycles. The Bertz CT molecular complexity index is 612. The van der Waals surface area contributed by atoms with Crippen molar-refractivity contribution in [1.29, 1.82) is 0 Å². The van der Waals surface area contributed by atoms with E-state index in [1.54, 1.807) is 6.33 Å². The molecule has 0 bridgehead atoms. The quantitative estimate of drug-likeness (QED) is 0.610. The van der Waals surface area contributed by atoms with Gasteiger partial charge in [-0.1, -0.05) is 36.4 Å². The van der Waals surface area contributed by atoms with E-state index in [0.717, 1.165) is 22.2 Å². The van der Waals surface area contributed by atoms with Crippen LogP contribution in [0.4, 0.5) is 0 Å². The monoisotopic (exact) mass is 205 g/mol. The molecule has 0 spiro atoms. The Balaban J connectivity index is 2.32. The normalized spacial score (nSPS) is 10.5. The van der Waals surface area contributed by atoms with Crippen LogP contribution in [0.3, 0.4) is 0 Å². The number of benzene rings is 2. The fraction of sp³-hybridized carbons (Fsp3) is 0. The first-order valence-electron chi connectivity index (χ1n) is 5.11. The smallest absolute Gasteiger partial charge is 0.116 e. The van der Waals surface area contributed by atoms with E-state index in [1.807, 2.05) is 36.4 Å². The lowest BCUT2D eigenvalue weighted by atomic mass is 10.1. The number of rotatable bonds is 1. The van der Waals surface area contributed by atoms with Crippen molar-refractivity contribution in [1.82, 2.24) is 9.97 Å². The molecule has 1 heterocycles. The molecule has 3 aromatic rings. The molecular weight excluding hydrogens is 196 g/mol. The summed E-state index contributed by atoms with van der Waals surface area (Å²) in [6, 6.07) is 18.9. The molecule has 0 atom stereocenters. The predicted molar refractivity (Wildman–Crippen MR) is 63.8 cm³/mol. The van der Waals surface area contributed by atoms with E-state index in [-0.39, 0.29) is 0 Å². The molecule has 0 saturated heterocycles. The summed E-state index contributed by atoms with van der Waals surface area (Å²) < 4.78 is 0. The van der Waals surface area contributed by atoms with Crippen LogP contribution in [0, 0.1) is 6.07 Å². The van der Waals surface area contributed by atoms with Crippen LogP contribution in [0.2, 0.25) is 0 Å². The average Bonchev–Trinajstić information content (AvgIpc) is 2.39. The first-order chi connectivity index (χ1) is 7.95. The van der Waals surface area contributed by atoms with Crippen molar-refractivity contribution in [3.05, 3.63) is 60.9 Å². The summed E-state index contributed by atoms with van der Waals surface area (Å²) in [6.45, 7) is 0. The van der Waals surface area contributed by atoms with Crippen molar-refractivity contribution in [2.45, 2.75) is 0 Å². The first kappa shape index (κ1) is 9.04. The van der Waals surface area contributed by atoms with Gasteiger partial charge in [0.25, 0.3) is 0 Å². The van der Waals surface area contributed by atoms with Gasteiger partial charge in [-0.15, -0.1) is 0 Å². The number of aromatic nitrogens is 2. The van der Waals surface area contributed by atoms with E-state index in [4.69, 9.17) is 0 Å². The standard InChI is InChI=1S/C14H9N2/c1-2-6-11(7-3-1)14-12-8-4-5-9-13(12)15-10-16-14/h1-4,6-10H. The van der Waals surface area contributed by atoms with E-state index in [9.17, 15) is 0 Å². The second-order valence-electron chi connectivity index (χ2n) is 3.53. The molecule has 0 aliphatic heterocycles. The number of hydrogen-bond acceptors (Lipinski definition) is 2. The van der Waals surface area contributed by atoms with Crippen LogP contribution in [0.25, 0.3) is 22.2 Å². The second kappa shape index (κ2) is 3.74. The van der Waals surface area contributed by atoms with Gasteiger partial charge in [0.2, 0.25) is 0 Å². The summed E-state index contributed by atoms with van der Waals surface area (Å²) in [5, 5.41) is 1.06. The Hall–Kier alpha value is -2.22. The zero-order valence-electron chi connectivity index (χ0n) is 8.59. The molecule has 2 aromatic carbocycles. The van der Waals surface area contributed by atoms with Crippen LogP contribution >= 0.6 is 0 Å². The molecule has 2 nitrogen and oxygen atoms in total. The lowest BCUT2D eigenvalue weighted by Crippen LogP contribution is -1.88. The molecule has 0 amide bonds. The van der Waals surface area contributed by atoms with E-state index < -0.39 is 0 Å². The number of fused-ring (bicyclic) bond motifs is 1. The summed E-state index contributed by atoms with van der Waals surface area (Å²) in [5.74, 6) is 0. The highest BCUT2D eigenvalue weighted by atomic mass is 14.8. The lowest BCUT2D eigenvalue weighted by molar-refractivity contribution is 1.22. The van der Waals surface area contributed by atoms with Gasteiger partial charge in [-0.2, -0.15) is 0 Å².